The van der Waals surface area contributed by atoms with Gasteiger partial charge in [-0.2, -0.15) is 0 Å². The highest BCUT2D eigenvalue weighted by molar-refractivity contribution is 5.94. The van der Waals surface area contributed by atoms with Crippen LogP contribution in [0, 0.1) is 0 Å². The van der Waals surface area contributed by atoms with Crippen molar-refractivity contribution in [1.29, 1.82) is 0 Å². The van der Waals surface area contributed by atoms with Gasteiger partial charge >= 0.3 is 0 Å². The standard InChI is InChI=1S/C22H28N2O2/c1-2-16-26-21-12-8-19(9-13-21)22(25)23-17-18-6-10-20(11-7-18)24-14-4-3-5-15-24/h6-13H,2-5,14-17H2,1H3,(H,23,25). The molecule has 1 heterocycles. The van der Waals surface area contributed by atoms with E-state index in [0.717, 1.165) is 30.8 Å². The molecule has 4 nitrogen and oxygen atoms in total. The number of hydrogen-bond acceptors (Lipinski definition) is 3. The number of nitrogens with zero attached hydrogens (tertiary/aromatic N) is 1. The average molecular weight is 352 g/mol. The van der Waals surface area contributed by atoms with Gasteiger partial charge in [0.1, 0.15) is 5.75 Å². The summed E-state index contributed by atoms with van der Waals surface area (Å²) in [4.78, 5) is 14.7. The fourth-order valence-electron chi connectivity index (χ4n) is 3.18. The molecule has 138 valence electrons. The summed E-state index contributed by atoms with van der Waals surface area (Å²) in [6.45, 7) is 5.59. The van der Waals surface area contributed by atoms with Crippen molar-refractivity contribution in [3.8, 4) is 5.75 Å². The van der Waals surface area contributed by atoms with Crippen LogP contribution in [0.3, 0.4) is 0 Å². The predicted molar refractivity (Wildman–Crippen MR) is 106 cm³/mol. The molecule has 2 aromatic rings. The smallest absolute Gasteiger partial charge is 0.251 e. The molecule has 0 saturated carbocycles. The number of nitrogens with one attached hydrogen (secondary N) is 1. The second kappa shape index (κ2) is 9.27. The Kier molecular flexibility index (Phi) is 6.53. The zero-order valence-electron chi connectivity index (χ0n) is 15.5. The van der Waals surface area contributed by atoms with Gasteiger partial charge in [0.15, 0.2) is 0 Å². The van der Waals surface area contributed by atoms with E-state index < -0.39 is 0 Å². The van der Waals surface area contributed by atoms with Gasteiger partial charge in [-0.1, -0.05) is 19.1 Å². The van der Waals surface area contributed by atoms with Crippen LogP contribution in [-0.4, -0.2) is 25.6 Å². The van der Waals surface area contributed by atoms with Crippen LogP contribution in [0.5, 0.6) is 5.75 Å². The first-order valence-corrected chi connectivity index (χ1v) is 9.61. The minimum absolute atomic E-state index is 0.0628. The molecule has 2 aromatic carbocycles. The van der Waals surface area contributed by atoms with Gasteiger partial charge in [-0.3, -0.25) is 4.79 Å². The summed E-state index contributed by atoms with van der Waals surface area (Å²) >= 11 is 0. The Morgan fingerprint density at radius 2 is 1.69 bits per heavy atom. The van der Waals surface area contributed by atoms with E-state index in [1.165, 1.54) is 24.9 Å². The normalized spacial score (nSPS) is 14.1. The van der Waals surface area contributed by atoms with Crippen molar-refractivity contribution in [2.45, 2.75) is 39.2 Å². The number of carbonyl (C=O) groups is 1. The van der Waals surface area contributed by atoms with Gasteiger partial charge < -0.3 is 15.0 Å². The molecule has 0 unspecified atom stereocenters. The number of rotatable bonds is 7. The third-order valence-corrected chi connectivity index (χ3v) is 4.70. The zero-order chi connectivity index (χ0) is 18.2. The maximum absolute atomic E-state index is 12.3. The Bertz CT molecular complexity index is 689. The van der Waals surface area contributed by atoms with Crippen molar-refractivity contribution >= 4 is 11.6 Å². The van der Waals surface area contributed by atoms with Gasteiger partial charge in [-0.05, 0) is 67.6 Å². The number of hydrogen-bond donors (Lipinski definition) is 1. The predicted octanol–water partition coefficient (Wildman–Crippen LogP) is 4.40. The lowest BCUT2D eigenvalue weighted by Crippen LogP contribution is -2.29. The van der Waals surface area contributed by atoms with Crippen molar-refractivity contribution in [3.05, 3.63) is 59.7 Å². The van der Waals surface area contributed by atoms with Crippen LogP contribution in [0.15, 0.2) is 48.5 Å². The largest absolute Gasteiger partial charge is 0.494 e. The molecule has 0 spiro atoms. The molecule has 1 saturated heterocycles. The van der Waals surface area contributed by atoms with Crippen LogP contribution in [0.1, 0.15) is 48.5 Å². The molecule has 1 aliphatic heterocycles. The number of carbonyl (C=O) groups excluding carboxylic acids is 1. The van der Waals surface area contributed by atoms with Gasteiger partial charge in [0, 0.05) is 30.9 Å². The highest BCUT2D eigenvalue weighted by Gasteiger charge is 2.11. The van der Waals surface area contributed by atoms with E-state index in [9.17, 15) is 4.79 Å². The van der Waals surface area contributed by atoms with E-state index in [4.69, 9.17) is 4.74 Å². The monoisotopic (exact) mass is 352 g/mol. The minimum Gasteiger partial charge on any atom is -0.494 e. The lowest BCUT2D eigenvalue weighted by Gasteiger charge is -2.28. The van der Waals surface area contributed by atoms with Crippen LogP contribution < -0.4 is 15.0 Å². The van der Waals surface area contributed by atoms with Crippen LogP contribution in [0.4, 0.5) is 5.69 Å². The molecule has 26 heavy (non-hydrogen) atoms. The van der Waals surface area contributed by atoms with Crippen molar-refractivity contribution in [2.75, 3.05) is 24.6 Å². The highest BCUT2D eigenvalue weighted by Crippen LogP contribution is 2.20. The number of benzene rings is 2. The SMILES string of the molecule is CCCOc1ccc(C(=O)NCc2ccc(N3CCCCC3)cc2)cc1. The summed E-state index contributed by atoms with van der Waals surface area (Å²) < 4.78 is 5.54. The molecule has 0 radical (unpaired) electrons. The van der Waals surface area contributed by atoms with Gasteiger partial charge in [-0.15, -0.1) is 0 Å². The summed E-state index contributed by atoms with van der Waals surface area (Å²) in [6.07, 6.45) is 4.87. The first kappa shape index (κ1) is 18.3. The summed E-state index contributed by atoms with van der Waals surface area (Å²) in [5, 5.41) is 2.98. The summed E-state index contributed by atoms with van der Waals surface area (Å²) in [5.41, 5.74) is 3.04. The second-order valence-electron chi connectivity index (χ2n) is 6.77. The van der Waals surface area contributed by atoms with E-state index in [-0.39, 0.29) is 5.91 Å². The summed E-state index contributed by atoms with van der Waals surface area (Å²) in [6, 6.07) is 15.8. The Hall–Kier alpha value is -2.49. The van der Waals surface area contributed by atoms with Gasteiger partial charge in [0.05, 0.1) is 6.61 Å². The van der Waals surface area contributed by atoms with Crippen LogP contribution in [-0.2, 0) is 6.54 Å². The lowest BCUT2D eigenvalue weighted by atomic mass is 10.1. The Morgan fingerprint density at radius 3 is 2.35 bits per heavy atom. The van der Waals surface area contributed by atoms with Crippen molar-refractivity contribution in [3.63, 3.8) is 0 Å². The van der Waals surface area contributed by atoms with Crippen molar-refractivity contribution in [1.82, 2.24) is 5.32 Å². The number of anilines is 1. The fraction of sp³-hybridized carbons (Fsp3) is 0.409. The third kappa shape index (κ3) is 5.01. The van der Waals surface area contributed by atoms with E-state index in [2.05, 4.69) is 41.4 Å². The van der Waals surface area contributed by atoms with E-state index >= 15 is 0 Å². The zero-order valence-corrected chi connectivity index (χ0v) is 15.5. The molecule has 1 aliphatic rings. The number of ether oxygens (including phenoxy) is 1. The van der Waals surface area contributed by atoms with Crippen LogP contribution in [0.25, 0.3) is 0 Å². The molecule has 0 atom stereocenters. The molecule has 4 heteroatoms. The van der Waals surface area contributed by atoms with Gasteiger partial charge in [0.25, 0.3) is 5.91 Å². The molecule has 1 N–H and O–H groups in total. The van der Waals surface area contributed by atoms with E-state index in [1.807, 2.05) is 12.1 Å². The molecule has 3 rings (SSSR count). The second-order valence-corrected chi connectivity index (χ2v) is 6.77. The molecule has 1 fully saturated rings. The van der Waals surface area contributed by atoms with Crippen LogP contribution >= 0.6 is 0 Å². The molecular weight excluding hydrogens is 324 g/mol. The molecule has 0 aromatic heterocycles. The van der Waals surface area contributed by atoms with Crippen LogP contribution in [0.2, 0.25) is 0 Å². The summed E-state index contributed by atoms with van der Waals surface area (Å²) in [7, 11) is 0. The number of piperidine rings is 1. The Morgan fingerprint density at radius 1 is 1.00 bits per heavy atom. The molecule has 0 aliphatic carbocycles. The molecule has 0 bridgehead atoms. The topological polar surface area (TPSA) is 41.6 Å². The Labute approximate surface area is 156 Å². The third-order valence-electron chi connectivity index (χ3n) is 4.70. The molecule has 1 amide bonds. The van der Waals surface area contributed by atoms with Gasteiger partial charge in [0.2, 0.25) is 0 Å². The fourth-order valence-corrected chi connectivity index (χ4v) is 3.18. The lowest BCUT2D eigenvalue weighted by molar-refractivity contribution is 0.0951. The maximum atomic E-state index is 12.3. The first-order chi connectivity index (χ1) is 12.8. The Balaban J connectivity index is 1.50. The van der Waals surface area contributed by atoms with E-state index in [1.54, 1.807) is 12.1 Å². The van der Waals surface area contributed by atoms with Gasteiger partial charge in [-0.25, -0.2) is 0 Å². The van der Waals surface area contributed by atoms with E-state index in [0.29, 0.717) is 18.7 Å². The quantitative estimate of drug-likeness (QED) is 0.803. The van der Waals surface area contributed by atoms with Crippen molar-refractivity contribution < 1.29 is 9.53 Å². The number of amides is 1. The minimum atomic E-state index is -0.0628. The van der Waals surface area contributed by atoms with Crippen molar-refractivity contribution in [2.24, 2.45) is 0 Å². The maximum Gasteiger partial charge on any atom is 0.251 e. The molecular formula is C22H28N2O2. The summed E-state index contributed by atoms with van der Waals surface area (Å²) in [5.74, 6) is 0.740. The average Bonchev–Trinajstić information content (AvgIpc) is 2.72. The highest BCUT2D eigenvalue weighted by atomic mass is 16.5. The first-order valence-electron chi connectivity index (χ1n) is 9.61.